The summed E-state index contributed by atoms with van der Waals surface area (Å²) in [7, 11) is -3.94. The van der Waals surface area contributed by atoms with Gasteiger partial charge in [0, 0.05) is 0 Å². The van der Waals surface area contributed by atoms with Crippen molar-refractivity contribution >= 4 is 14.2 Å². The number of nitrogens with two attached hydrogens (primary N) is 1. The molecule has 0 saturated carbocycles. The highest BCUT2D eigenvalue weighted by Gasteiger charge is 2.04. The lowest BCUT2D eigenvalue weighted by molar-refractivity contribution is -0.518. The molecular weight excluding hydrogens is 207 g/mol. The summed E-state index contributed by atoms with van der Waals surface area (Å²) >= 11 is 0. The zero-order chi connectivity index (χ0) is 10.9. The maximum atomic E-state index is 10.4. The number of phosphoric acid groups is 1. The summed E-state index contributed by atoms with van der Waals surface area (Å²) in [6.07, 6.45) is 1.86. The third kappa shape index (κ3) is 8.34. The van der Waals surface area contributed by atoms with E-state index in [4.69, 9.17) is 0 Å². The molecule has 0 aromatic carbocycles. The minimum Gasteiger partial charge on any atom is -0.756 e. The second-order valence-corrected chi connectivity index (χ2v) is 3.77. The van der Waals surface area contributed by atoms with Crippen LogP contribution in [0.1, 0.15) is 13.8 Å². The number of rotatable bonds is 4. The largest absolute Gasteiger partial charge is 0.756 e. The van der Waals surface area contributed by atoms with Crippen molar-refractivity contribution < 1.29 is 23.8 Å². The van der Waals surface area contributed by atoms with E-state index in [1.807, 2.05) is 6.34 Å². The van der Waals surface area contributed by atoms with Gasteiger partial charge in [0.15, 0.2) is 6.34 Å². The number of aliphatic imine (C=N–C) groups is 1. The lowest BCUT2D eigenvalue weighted by Gasteiger charge is -2.20. The van der Waals surface area contributed by atoms with E-state index in [0.29, 0.717) is 0 Å². The third-order valence-electron chi connectivity index (χ3n) is 1.21. The van der Waals surface area contributed by atoms with Gasteiger partial charge < -0.3 is 19.3 Å². The topological polar surface area (TPSA) is 87.6 Å². The smallest absolute Gasteiger partial charge is 0.267 e. The molecule has 0 radical (unpaired) electrons. The zero-order valence-corrected chi connectivity index (χ0v) is 9.40. The second kappa shape index (κ2) is 8.08. The van der Waals surface area contributed by atoms with Gasteiger partial charge >= 0.3 is 0 Å². The van der Waals surface area contributed by atoms with Gasteiger partial charge in [-0.05, 0) is 13.8 Å². The van der Waals surface area contributed by atoms with Gasteiger partial charge in [0.25, 0.3) is 7.82 Å². The lowest BCUT2D eigenvalue weighted by atomic mass is 10.7. The third-order valence-corrected chi connectivity index (χ3v) is 2.36. The first-order chi connectivity index (χ1) is 6.62. The highest BCUT2D eigenvalue weighted by molar-refractivity contribution is 7.45. The van der Waals surface area contributed by atoms with Crippen LogP contribution in [0, 0.1) is 0 Å². The molecule has 6 nitrogen and oxygen atoms in total. The predicted molar refractivity (Wildman–Crippen MR) is 51.0 cm³/mol. The molecule has 0 bridgehead atoms. The minimum absolute atomic E-state index is 0.126. The van der Waals surface area contributed by atoms with E-state index in [9.17, 15) is 9.46 Å². The molecule has 0 aromatic heterocycles. The maximum Gasteiger partial charge on any atom is 0.267 e. The summed E-state index contributed by atoms with van der Waals surface area (Å²) in [6.45, 7) is 5.59. The Morgan fingerprint density at radius 2 is 2.07 bits per heavy atom. The van der Waals surface area contributed by atoms with Crippen molar-refractivity contribution in [1.29, 1.82) is 0 Å². The number of hydrogen-bond donors (Lipinski definition) is 1. The Morgan fingerprint density at radius 3 is 2.29 bits per heavy atom. The van der Waals surface area contributed by atoms with Crippen LogP contribution in [0.25, 0.3) is 0 Å². The average molecular weight is 224 g/mol. The summed E-state index contributed by atoms with van der Waals surface area (Å²) in [5.41, 5.74) is 0. The molecule has 1 heterocycles. The highest BCUT2D eigenvalue weighted by Crippen LogP contribution is 2.37. The molecule has 1 aliphatic heterocycles. The fraction of sp³-hybridized carbons (Fsp3) is 0.857. The molecule has 0 aromatic rings. The molecule has 1 rings (SSSR count). The van der Waals surface area contributed by atoms with E-state index in [0.717, 1.165) is 13.1 Å². The molecular formula is C7H17N2O4P. The summed E-state index contributed by atoms with van der Waals surface area (Å²) in [5.74, 6) is 0. The Morgan fingerprint density at radius 1 is 1.50 bits per heavy atom. The van der Waals surface area contributed by atoms with Gasteiger partial charge in [-0.15, -0.1) is 0 Å². The molecule has 0 spiro atoms. The first-order valence-electron chi connectivity index (χ1n) is 4.54. The minimum atomic E-state index is -3.94. The van der Waals surface area contributed by atoms with Crippen LogP contribution in [-0.4, -0.2) is 32.6 Å². The van der Waals surface area contributed by atoms with Gasteiger partial charge in [-0.3, -0.25) is 4.57 Å². The monoisotopic (exact) mass is 224 g/mol. The lowest BCUT2D eigenvalue weighted by Crippen LogP contribution is -2.80. The number of hydrogen-bond acceptors (Lipinski definition) is 5. The average Bonchev–Trinajstić information content (AvgIpc) is 2.59. The molecule has 0 saturated heterocycles. The van der Waals surface area contributed by atoms with E-state index in [1.165, 1.54) is 0 Å². The van der Waals surface area contributed by atoms with E-state index in [1.54, 1.807) is 13.8 Å². The van der Waals surface area contributed by atoms with E-state index in [2.05, 4.69) is 19.4 Å². The van der Waals surface area contributed by atoms with E-state index < -0.39 is 7.82 Å². The van der Waals surface area contributed by atoms with Crippen molar-refractivity contribution in [2.45, 2.75) is 13.8 Å². The van der Waals surface area contributed by atoms with E-state index >= 15 is 0 Å². The Labute approximate surface area is 83.9 Å². The van der Waals surface area contributed by atoms with Crippen molar-refractivity contribution in [2.24, 2.45) is 4.99 Å². The molecule has 14 heavy (non-hydrogen) atoms. The van der Waals surface area contributed by atoms with Crippen molar-refractivity contribution in [2.75, 3.05) is 26.3 Å². The van der Waals surface area contributed by atoms with Crippen LogP contribution in [0.15, 0.2) is 4.99 Å². The maximum absolute atomic E-state index is 10.4. The number of phosphoric ester groups is 1. The van der Waals surface area contributed by atoms with Crippen LogP contribution in [0.4, 0.5) is 0 Å². The standard InChI is InChI=1S/C4H11O4P.C3H6N2/c1-3-7-9(5,6)8-4-2;1-2-5-3-4-1/h3-4H2,1-2H3,(H,5,6);3H,1-2H2,(H,4,5). The van der Waals surface area contributed by atoms with Gasteiger partial charge in [0.2, 0.25) is 0 Å². The molecule has 0 aliphatic carbocycles. The highest BCUT2D eigenvalue weighted by atomic mass is 31.2. The Bertz CT molecular complexity index is 194. The van der Waals surface area contributed by atoms with Crippen molar-refractivity contribution in [1.82, 2.24) is 0 Å². The summed E-state index contributed by atoms with van der Waals surface area (Å²) in [4.78, 5) is 14.3. The van der Waals surface area contributed by atoms with Crippen molar-refractivity contribution in [3.8, 4) is 0 Å². The Hall–Kier alpha value is -0.260. The van der Waals surface area contributed by atoms with Crippen molar-refractivity contribution in [3.05, 3.63) is 0 Å². The number of nitrogens with zero attached hydrogens (tertiary/aromatic N) is 1. The predicted octanol–water partition coefficient (Wildman–Crippen LogP) is -0.880. The molecule has 84 valence electrons. The quantitative estimate of drug-likeness (QED) is 0.628. The van der Waals surface area contributed by atoms with Gasteiger partial charge in [-0.1, -0.05) is 0 Å². The molecule has 2 N–H and O–H groups in total. The van der Waals surface area contributed by atoms with Gasteiger partial charge in [-0.2, -0.15) is 0 Å². The molecule has 0 amide bonds. The Kier molecular flexibility index (Phi) is 7.93. The van der Waals surface area contributed by atoms with E-state index in [-0.39, 0.29) is 13.2 Å². The second-order valence-electron chi connectivity index (χ2n) is 2.36. The molecule has 7 heteroatoms. The van der Waals surface area contributed by atoms with Crippen LogP contribution in [0.3, 0.4) is 0 Å². The van der Waals surface area contributed by atoms with Crippen LogP contribution in [-0.2, 0) is 13.6 Å². The van der Waals surface area contributed by atoms with Gasteiger partial charge in [-0.25, -0.2) is 4.99 Å². The first-order valence-corrected chi connectivity index (χ1v) is 6.00. The zero-order valence-electron chi connectivity index (χ0n) is 8.51. The SMILES string of the molecule is C1=NCC[NH2+]1.CCOP(=O)([O-])OCC. The molecule has 0 fully saturated rings. The summed E-state index contributed by atoms with van der Waals surface area (Å²) in [5, 5.41) is 2.07. The van der Waals surface area contributed by atoms with Gasteiger partial charge in [0.1, 0.15) is 6.54 Å². The summed E-state index contributed by atoms with van der Waals surface area (Å²) in [6, 6.07) is 0. The fourth-order valence-electron chi connectivity index (χ4n) is 0.726. The van der Waals surface area contributed by atoms with Crippen LogP contribution in [0.2, 0.25) is 0 Å². The molecule has 0 unspecified atom stereocenters. The first kappa shape index (κ1) is 13.7. The van der Waals surface area contributed by atoms with Crippen molar-refractivity contribution in [3.63, 3.8) is 0 Å². The fourth-order valence-corrected chi connectivity index (χ4v) is 1.43. The Balaban J connectivity index is 0.000000280. The van der Waals surface area contributed by atoms with Gasteiger partial charge in [0.05, 0.1) is 19.8 Å². The van der Waals surface area contributed by atoms with Crippen LogP contribution >= 0.6 is 7.82 Å². The normalized spacial score (nSPS) is 15.1. The molecule has 1 aliphatic rings. The van der Waals surface area contributed by atoms with Crippen LogP contribution < -0.4 is 10.2 Å². The summed E-state index contributed by atoms with van der Waals surface area (Å²) < 4.78 is 18.9. The van der Waals surface area contributed by atoms with Crippen LogP contribution in [0.5, 0.6) is 0 Å². The molecule has 0 atom stereocenters. The number of quaternary nitrogens is 1.